The Morgan fingerprint density at radius 1 is 0.413 bits per heavy atom. The molecule has 0 bridgehead atoms. The first-order valence-electron chi connectivity index (χ1n) is 21.8. The molecule has 3 aromatic heterocycles. The van der Waals surface area contributed by atoms with E-state index in [2.05, 4.69) is 228 Å². The number of rotatable bonds is 7. The van der Waals surface area contributed by atoms with Crippen molar-refractivity contribution in [2.45, 2.75) is 12.3 Å². The van der Waals surface area contributed by atoms with E-state index in [-0.39, 0.29) is 5.92 Å². The minimum atomic E-state index is 0.161. The zero-order valence-electron chi connectivity index (χ0n) is 34.4. The Morgan fingerprint density at radius 3 is 1.62 bits per heavy atom. The van der Waals surface area contributed by atoms with Crippen molar-refractivity contribution in [2.24, 2.45) is 0 Å². The van der Waals surface area contributed by atoms with Crippen LogP contribution in [0.25, 0.3) is 88.5 Å². The Hall–Kier alpha value is -8.14. The fourth-order valence-electron chi connectivity index (χ4n) is 10.2. The highest BCUT2D eigenvalue weighted by molar-refractivity contribution is 6.23. The summed E-state index contributed by atoms with van der Waals surface area (Å²) in [6.45, 7) is 0. The van der Waals surface area contributed by atoms with Crippen molar-refractivity contribution in [1.82, 2.24) is 4.40 Å². The first-order valence-corrected chi connectivity index (χ1v) is 21.8. The third-order valence-corrected chi connectivity index (χ3v) is 13.3. The smallest absolute Gasteiger partial charge is 0.134 e. The lowest BCUT2D eigenvalue weighted by Crippen LogP contribution is -2.10. The molecule has 3 nitrogen and oxygen atoms in total. The standard InChI is InChI=1S/C60H40N2O/c1-2-10-39(11-3-1)40-20-22-41(23-21-40)42-24-31-46(32-25-42)61(48-35-28-44(29-36-48)49-14-8-17-54-51-13-5-7-19-58(51)63-60(49)54)47-33-26-43(27-34-47)45-30-37-57-55(38-45)53-16-9-15-52-50-12-4-6-18-56(50)62(57)59(52)53/h1-13,15-38,49H,14H2. The largest absolute Gasteiger partial charge is 0.460 e. The average Bonchev–Trinajstić information content (AvgIpc) is 4.02. The van der Waals surface area contributed by atoms with Crippen molar-refractivity contribution in [2.75, 3.05) is 4.90 Å². The van der Waals surface area contributed by atoms with E-state index in [9.17, 15) is 0 Å². The predicted molar refractivity (Wildman–Crippen MR) is 264 cm³/mol. The van der Waals surface area contributed by atoms with Gasteiger partial charge in [0.1, 0.15) is 11.3 Å². The van der Waals surface area contributed by atoms with Crippen LogP contribution in [-0.2, 0) is 0 Å². The molecule has 0 saturated carbocycles. The zero-order chi connectivity index (χ0) is 41.4. The molecule has 0 saturated heterocycles. The molecule has 0 aliphatic heterocycles. The van der Waals surface area contributed by atoms with Crippen molar-refractivity contribution in [1.29, 1.82) is 0 Å². The van der Waals surface area contributed by atoms with Gasteiger partial charge in [-0.05, 0) is 106 Å². The summed E-state index contributed by atoms with van der Waals surface area (Å²) in [5.74, 6) is 1.21. The lowest BCUT2D eigenvalue weighted by molar-refractivity contribution is 0.517. The van der Waals surface area contributed by atoms with E-state index in [4.69, 9.17) is 4.42 Å². The fourth-order valence-corrected chi connectivity index (χ4v) is 10.2. The van der Waals surface area contributed by atoms with Gasteiger partial charge in [0, 0.05) is 55.5 Å². The summed E-state index contributed by atoms with van der Waals surface area (Å²) in [7, 11) is 0. The van der Waals surface area contributed by atoms with E-state index >= 15 is 0 Å². The highest BCUT2D eigenvalue weighted by Crippen LogP contribution is 2.44. The topological polar surface area (TPSA) is 20.8 Å². The molecule has 1 aliphatic carbocycles. The normalized spacial score (nSPS) is 13.7. The van der Waals surface area contributed by atoms with Gasteiger partial charge in [-0.15, -0.1) is 0 Å². The molecule has 3 heterocycles. The Morgan fingerprint density at radius 2 is 0.921 bits per heavy atom. The summed E-state index contributed by atoms with van der Waals surface area (Å²) in [6.07, 6.45) is 5.42. The molecule has 0 N–H and O–H groups in total. The van der Waals surface area contributed by atoms with Crippen LogP contribution in [0.2, 0.25) is 0 Å². The number of para-hydroxylation sites is 3. The number of benzene rings is 9. The molecule has 3 heteroatoms. The van der Waals surface area contributed by atoms with Gasteiger partial charge in [0.2, 0.25) is 0 Å². The van der Waals surface area contributed by atoms with E-state index < -0.39 is 0 Å². The predicted octanol–water partition coefficient (Wildman–Crippen LogP) is 16.6. The zero-order valence-corrected chi connectivity index (χ0v) is 34.4. The second-order valence-electron chi connectivity index (χ2n) is 16.8. The number of hydrogen-bond donors (Lipinski definition) is 0. The van der Waals surface area contributed by atoms with Gasteiger partial charge in [0.15, 0.2) is 0 Å². The van der Waals surface area contributed by atoms with E-state index in [0.29, 0.717) is 0 Å². The lowest BCUT2D eigenvalue weighted by Gasteiger charge is -2.27. The third-order valence-electron chi connectivity index (χ3n) is 13.3. The van der Waals surface area contributed by atoms with Crippen molar-refractivity contribution < 1.29 is 4.42 Å². The summed E-state index contributed by atoms with van der Waals surface area (Å²) >= 11 is 0. The van der Waals surface area contributed by atoms with Gasteiger partial charge in [0.05, 0.1) is 16.6 Å². The van der Waals surface area contributed by atoms with Gasteiger partial charge in [-0.1, -0.05) is 164 Å². The molecule has 12 aromatic rings. The Balaban J connectivity index is 0.865. The molecule has 1 aliphatic rings. The molecular weight excluding hydrogens is 765 g/mol. The molecule has 0 fully saturated rings. The van der Waals surface area contributed by atoms with Gasteiger partial charge < -0.3 is 13.7 Å². The molecule has 296 valence electrons. The van der Waals surface area contributed by atoms with Crippen LogP contribution >= 0.6 is 0 Å². The van der Waals surface area contributed by atoms with Crippen LogP contribution in [0.4, 0.5) is 17.1 Å². The van der Waals surface area contributed by atoms with Gasteiger partial charge >= 0.3 is 0 Å². The minimum Gasteiger partial charge on any atom is -0.460 e. The van der Waals surface area contributed by atoms with Crippen molar-refractivity contribution in [3.63, 3.8) is 0 Å². The lowest BCUT2D eigenvalue weighted by atomic mass is 9.86. The maximum absolute atomic E-state index is 6.50. The molecule has 1 unspecified atom stereocenters. The molecule has 13 rings (SSSR count). The first kappa shape index (κ1) is 35.6. The monoisotopic (exact) mass is 804 g/mol. The molecule has 9 aromatic carbocycles. The highest BCUT2D eigenvalue weighted by atomic mass is 16.3. The van der Waals surface area contributed by atoms with E-state index in [1.165, 1.54) is 88.0 Å². The van der Waals surface area contributed by atoms with Crippen LogP contribution in [0.5, 0.6) is 0 Å². The Labute approximate surface area is 365 Å². The van der Waals surface area contributed by atoms with Crippen molar-refractivity contribution >= 4 is 72.2 Å². The molecular formula is C60H40N2O. The van der Waals surface area contributed by atoms with E-state index in [0.717, 1.165) is 34.8 Å². The van der Waals surface area contributed by atoms with Gasteiger partial charge in [-0.25, -0.2) is 0 Å². The number of aromatic nitrogens is 1. The first-order chi connectivity index (χ1) is 31.2. The molecule has 0 amide bonds. The quantitative estimate of drug-likeness (QED) is 0.160. The van der Waals surface area contributed by atoms with Gasteiger partial charge in [0.25, 0.3) is 0 Å². The molecule has 63 heavy (non-hydrogen) atoms. The maximum Gasteiger partial charge on any atom is 0.134 e. The van der Waals surface area contributed by atoms with Crippen molar-refractivity contribution in [3.05, 3.63) is 235 Å². The molecule has 0 radical (unpaired) electrons. The number of allylic oxidation sites excluding steroid dienone is 1. The number of fused-ring (bicyclic) bond motifs is 9. The van der Waals surface area contributed by atoms with Crippen LogP contribution in [0, 0.1) is 0 Å². The SMILES string of the molecule is C1=Cc2c(oc3ccccc23)C(c2ccc(N(c3ccc(-c4ccc(-c5ccccc5)cc4)cc3)c3ccc(-c4ccc5c(c4)c4cccc6c7ccccc7n5c64)cc3)cc2)C1. The maximum atomic E-state index is 6.50. The summed E-state index contributed by atoms with van der Waals surface area (Å²) < 4.78 is 8.94. The Kier molecular flexibility index (Phi) is 8.04. The van der Waals surface area contributed by atoms with Crippen LogP contribution in [0.15, 0.2) is 223 Å². The number of hydrogen-bond acceptors (Lipinski definition) is 2. The van der Waals surface area contributed by atoms with Gasteiger partial charge in [-0.2, -0.15) is 0 Å². The molecule has 1 atom stereocenters. The average molecular weight is 805 g/mol. The summed E-state index contributed by atoms with van der Waals surface area (Å²) in [6, 6.07) is 77.3. The Bertz CT molecular complexity index is 3670. The number of anilines is 3. The van der Waals surface area contributed by atoms with E-state index in [1.54, 1.807) is 0 Å². The third kappa shape index (κ3) is 5.74. The van der Waals surface area contributed by atoms with Crippen LogP contribution in [0.3, 0.4) is 0 Å². The summed E-state index contributed by atoms with van der Waals surface area (Å²) in [5.41, 5.74) is 17.7. The number of nitrogens with zero attached hydrogens (tertiary/aromatic N) is 2. The van der Waals surface area contributed by atoms with E-state index in [1.807, 2.05) is 6.07 Å². The second kappa shape index (κ2) is 14.2. The summed E-state index contributed by atoms with van der Waals surface area (Å²) in [4.78, 5) is 2.37. The summed E-state index contributed by atoms with van der Waals surface area (Å²) in [5, 5.41) is 6.36. The van der Waals surface area contributed by atoms with Crippen LogP contribution in [0.1, 0.15) is 29.2 Å². The fraction of sp³-hybridized carbons (Fsp3) is 0.0333. The van der Waals surface area contributed by atoms with Crippen LogP contribution < -0.4 is 4.90 Å². The number of furan rings is 1. The minimum absolute atomic E-state index is 0.161. The van der Waals surface area contributed by atoms with Gasteiger partial charge in [-0.3, -0.25) is 0 Å². The van der Waals surface area contributed by atoms with Crippen molar-refractivity contribution in [3.8, 4) is 33.4 Å². The second-order valence-corrected chi connectivity index (χ2v) is 16.8. The van der Waals surface area contributed by atoms with Crippen LogP contribution in [-0.4, -0.2) is 4.40 Å². The molecule has 0 spiro atoms. The highest BCUT2D eigenvalue weighted by Gasteiger charge is 2.26.